The molecule has 1 saturated carbocycles. The third kappa shape index (κ3) is 3.77. The van der Waals surface area contributed by atoms with Crippen LogP contribution in [0.3, 0.4) is 0 Å². The SMILES string of the molecule is C=CC[C@@H]1CCC[C@H]2CN3C(=O)[C@H](C)[C@@H](COC(=O)C(C)(C)C)C[C@H]3[C@@]2(C)C1=O. The molecule has 0 bridgehead atoms. The molecular weight excluding hydrogens is 366 g/mol. The molecule has 0 aromatic heterocycles. The Kier molecular flexibility index (Phi) is 5.99. The van der Waals surface area contributed by atoms with Gasteiger partial charge in [-0.3, -0.25) is 14.4 Å². The number of carbonyl (C=O) groups is 3. The molecule has 5 nitrogen and oxygen atoms in total. The van der Waals surface area contributed by atoms with Crippen molar-refractivity contribution in [2.45, 2.75) is 72.8 Å². The van der Waals surface area contributed by atoms with Crippen LogP contribution in [-0.4, -0.2) is 41.8 Å². The number of piperidine rings is 1. The van der Waals surface area contributed by atoms with Crippen LogP contribution in [0.1, 0.15) is 66.7 Å². The Morgan fingerprint density at radius 3 is 2.62 bits per heavy atom. The molecule has 5 heteroatoms. The van der Waals surface area contributed by atoms with E-state index in [1.807, 2.05) is 38.7 Å². The topological polar surface area (TPSA) is 63.7 Å². The highest BCUT2D eigenvalue weighted by Crippen LogP contribution is 2.53. The minimum Gasteiger partial charge on any atom is -0.465 e. The maximum atomic E-state index is 13.6. The Bertz CT molecular complexity index is 693. The van der Waals surface area contributed by atoms with Crippen molar-refractivity contribution in [3.8, 4) is 0 Å². The minimum absolute atomic E-state index is 0.00840. The van der Waals surface area contributed by atoms with Crippen molar-refractivity contribution in [1.82, 2.24) is 4.90 Å². The summed E-state index contributed by atoms with van der Waals surface area (Å²) in [6.45, 7) is 14.3. The van der Waals surface area contributed by atoms with E-state index in [9.17, 15) is 14.4 Å². The van der Waals surface area contributed by atoms with Crippen LogP contribution in [0.25, 0.3) is 0 Å². The highest BCUT2D eigenvalue weighted by atomic mass is 16.5. The van der Waals surface area contributed by atoms with E-state index in [1.54, 1.807) is 0 Å². The third-order valence-electron chi connectivity index (χ3n) is 7.74. The first kappa shape index (κ1) is 22.0. The number of rotatable bonds is 4. The van der Waals surface area contributed by atoms with Crippen LogP contribution in [0.15, 0.2) is 12.7 Å². The average molecular weight is 404 g/mol. The molecule has 6 atom stereocenters. The molecule has 0 unspecified atom stereocenters. The second kappa shape index (κ2) is 7.88. The lowest BCUT2D eigenvalue weighted by Gasteiger charge is -2.44. The molecule has 0 aromatic rings. The van der Waals surface area contributed by atoms with Gasteiger partial charge in [-0.1, -0.05) is 26.3 Å². The Labute approximate surface area is 175 Å². The van der Waals surface area contributed by atoms with Gasteiger partial charge >= 0.3 is 5.97 Å². The van der Waals surface area contributed by atoms with Gasteiger partial charge in [0.15, 0.2) is 0 Å². The van der Waals surface area contributed by atoms with E-state index in [2.05, 4.69) is 13.5 Å². The molecule has 29 heavy (non-hydrogen) atoms. The summed E-state index contributed by atoms with van der Waals surface area (Å²) in [6, 6.07) is -0.0903. The zero-order valence-electron chi connectivity index (χ0n) is 18.7. The molecule has 3 aliphatic rings. The number of Topliss-reactive ketones (excluding diaryl/α,β-unsaturated/α-hetero) is 1. The number of fused-ring (bicyclic) bond motifs is 3. The predicted octanol–water partition coefficient (Wildman–Crippen LogP) is 4.01. The van der Waals surface area contributed by atoms with Crippen LogP contribution in [0.5, 0.6) is 0 Å². The second-order valence-electron chi connectivity index (χ2n) is 10.6. The van der Waals surface area contributed by atoms with Crippen LogP contribution in [0, 0.1) is 34.5 Å². The fourth-order valence-electron chi connectivity index (χ4n) is 5.70. The fraction of sp³-hybridized carbons (Fsp3) is 0.792. The molecule has 2 aliphatic heterocycles. The summed E-state index contributed by atoms with van der Waals surface area (Å²) in [7, 11) is 0. The van der Waals surface area contributed by atoms with E-state index < -0.39 is 10.8 Å². The molecule has 2 heterocycles. The summed E-state index contributed by atoms with van der Waals surface area (Å²) in [5, 5.41) is 0. The van der Waals surface area contributed by atoms with Crippen molar-refractivity contribution in [2.75, 3.05) is 13.2 Å². The van der Waals surface area contributed by atoms with Gasteiger partial charge in [0, 0.05) is 30.3 Å². The zero-order chi connectivity index (χ0) is 21.6. The van der Waals surface area contributed by atoms with Crippen molar-refractivity contribution < 1.29 is 19.1 Å². The van der Waals surface area contributed by atoms with Gasteiger partial charge in [0.1, 0.15) is 5.78 Å². The Balaban J connectivity index is 1.84. The van der Waals surface area contributed by atoms with Gasteiger partial charge in [-0.15, -0.1) is 6.58 Å². The quantitative estimate of drug-likeness (QED) is 0.525. The summed E-state index contributed by atoms with van der Waals surface area (Å²) >= 11 is 0. The molecule has 3 fully saturated rings. The summed E-state index contributed by atoms with van der Waals surface area (Å²) < 4.78 is 5.59. The fourth-order valence-corrected chi connectivity index (χ4v) is 5.70. The molecule has 2 saturated heterocycles. The van der Waals surface area contributed by atoms with Crippen LogP contribution < -0.4 is 0 Å². The molecule has 3 rings (SSSR count). The number of carbonyl (C=O) groups excluding carboxylic acids is 3. The van der Waals surface area contributed by atoms with Crippen LogP contribution in [0.4, 0.5) is 0 Å². The zero-order valence-corrected chi connectivity index (χ0v) is 18.7. The van der Waals surface area contributed by atoms with Crippen LogP contribution >= 0.6 is 0 Å². The van der Waals surface area contributed by atoms with Crippen LogP contribution in [-0.2, 0) is 19.1 Å². The number of allylic oxidation sites excluding steroid dienone is 1. The normalized spacial score (nSPS) is 37.6. The van der Waals surface area contributed by atoms with E-state index in [-0.39, 0.29) is 48.2 Å². The van der Waals surface area contributed by atoms with Crippen molar-refractivity contribution in [3.63, 3.8) is 0 Å². The Morgan fingerprint density at radius 2 is 2.00 bits per heavy atom. The molecule has 0 spiro atoms. The van der Waals surface area contributed by atoms with E-state index >= 15 is 0 Å². The van der Waals surface area contributed by atoms with Crippen molar-refractivity contribution >= 4 is 17.7 Å². The van der Waals surface area contributed by atoms with Gasteiger partial charge in [0.2, 0.25) is 5.91 Å². The minimum atomic E-state index is -0.562. The summed E-state index contributed by atoms with van der Waals surface area (Å²) in [5.41, 5.74) is -1.07. The molecular formula is C24H37NO4. The lowest BCUT2D eigenvalue weighted by molar-refractivity contribution is -0.160. The molecule has 0 N–H and O–H groups in total. The Hall–Kier alpha value is -1.65. The van der Waals surface area contributed by atoms with Crippen molar-refractivity contribution in [1.29, 1.82) is 0 Å². The monoisotopic (exact) mass is 403 g/mol. The molecule has 0 aromatic carbocycles. The summed E-state index contributed by atoms with van der Waals surface area (Å²) in [4.78, 5) is 41.0. The van der Waals surface area contributed by atoms with Crippen molar-refractivity contribution in [2.24, 2.45) is 34.5 Å². The predicted molar refractivity (Wildman–Crippen MR) is 112 cm³/mol. The summed E-state index contributed by atoms with van der Waals surface area (Å²) in [5.74, 6) is 0.173. The standard InChI is InChI=1S/C24H37NO4/c1-7-9-16-10-8-11-18-13-25-19(24(18,6)20(16)26)12-17(15(2)21(25)27)14-29-22(28)23(3,4)5/h7,15-19H,1,8-14H2,2-6H3/t15-,16-,17-,18+,19+,24+/m1/s1. The molecule has 162 valence electrons. The van der Waals surface area contributed by atoms with E-state index in [1.165, 1.54) is 0 Å². The molecule has 1 aliphatic carbocycles. The summed E-state index contributed by atoms with van der Waals surface area (Å²) in [6.07, 6.45) is 6.23. The number of hydrogen-bond donors (Lipinski definition) is 0. The number of esters is 1. The number of ketones is 1. The van der Waals surface area contributed by atoms with Gasteiger partial charge in [-0.2, -0.15) is 0 Å². The lowest BCUT2D eigenvalue weighted by atomic mass is 9.65. The number of ether oxygens (including phenoxy) is 1. The second-order valence-corrected chi connectivity index (χ2v) is 10.6. The first-order chi connectivity index (χ1) is 13.5. The number of nitrogens with zero attached hydrogens (tertiary/aromatic N) is 1. The number of hydrogen-bond acceptors (Lipinski definition) is 4. The highest BCUT2D eigenvalue weighted by molar-refractivity contribution is 5.91. The van der Waals surface area contributed by atoms with Crippen LogP contribution in [0.2, 0.25) is 0 Å². The maximum absolute atomic E-state index is 13.6. The lowest BCUT2D eigenvalue weighted by Crippen LogP contribution is -2.55. The smallest absolute Gasteiger partial charge is 0.311 e. The van der Waals surface area contributed by atoms with Gasteiger partial charge in [-0.25, -0.2) is 0 Å². The number of amides is 1. The van der Waals surface area contributed by atoms with E-state index in [4.69, 9.17) is 4.74 Å². The average Bonchev–Trinajstić information content (AvgIpc) is 2.88. The maximum Gasteiger partial charge on any atom is 0.311 e. The molecule has 0 radical (unpaired) electrons. The van der Waals surface area contributed by atoms with Gasteiger partial charge in [0.25, 0.3) is 0 Å². The largest absolute Gasteiger partial charge is 0.465 e. The first-order valence-electron chi connectivity index (χ1n) is 11.1. The van der Waals surface area contributed by atoms with Crippen molar-refractivity contribution in [3.05, 3.63) is 12.7 Å². The highest BCUT2D eigenvalue weighted by Gasteiger charge is 2.61. The van der Waals surface area contributed by atoms with Gasteiger partial charge in [-0.05, 0) is 52.4 Å². The third-order valence-corrected chi connectivity index (χ3v) is 7.74. The van der Waals surface area contributed by atoms with E-state index in [0.29, 0.717) is 18.7 Å². The Morgan fingerprint density at radius 1 is 1.31 bits per heavy atom. The first-order valence-corrected chi connectivity index (χ1v) is 11.1. The van der Waals surface area contributed by atoms with Gasteiger partial charge in [0.05, 0.1) is 17.4 Å². The van der Waals surface area contributed by atoms with E-state index in [0.717, 1.165) is 25.7 Å². The molecule has 1 amide bonds. The van der Waals surface area contributed by atoms with Gasteiger partial charge < -0.3 is 9.64 Å².